The summed E-state index contributed by atoms with van der Waals surface area (Å²) in [7, 11) is 1.83. The molecule has 0 aromatic heterocycles. The number of benzene rings is 1. The quantitative estimate of drug-likeness (QED) is 0.844. The van der Waals surface area contributed by atoms with Gasteiger partial charge < -0.3 is 14.7 Å². The van der Waals surface area contributed by atoms with Gasteiger partial charge in [0.05, 0.1) is 12.0 Å². The number of rotatable bonds is 3. The van der Waals surface area contributed by atoms with Crippen LogP contribution in [0.25, 0.3) is 0 Å². The first-order valence-electron chi connectivity index (χ1n) is 9.34. The third-order valence-corrected chi connectivity index (χ3v) is 5.73. The van der Waals surface area contributed by atoms with Gasteiger partial charge in [0.1, 0.15) is 0 Å². The predicted octanol–water partition coefficient (Wildman–Crippen LogP) is 2.07. The van der Waals surface area contributed by atoms with Gasteiger partial charge >= 0.3 is 0 Å². The molecule has 0 bridgehead atoms. The van der Waals surface area contributed by atoms with Crippen LogP contribution in [0.5, 0.6) is 0 Å². The average molecular weight is 343 g/mol. The molecule has 1 aromatic carbocycles. The van der Waals surface area contributed by atoms with Crippen LogP contribution >= 0.6 is 0 Å². The molecule has 2 aliphatic heterocycles. The fourth-order valence-corrected chi connectivity index (χ4v) is 4.04. The molecule has 2 fully saturated rings. The number of amides is 2. The average Bonchev–Trinajstić information content (AvgIpc) is 2.64. The number of piperidine rings is 1. The van der Waals surface area contributed by atoms with Gasteiger partial charge in [0, 0.05) is 39.6 Å². The minimum atomic E-state index is -0.154. The number of piperazine rings is 1. The minimum Gasteiger partial charge on any atom is -0.340 e. The van der Waals surface area contributed by atoms with E-state index in [0.717, 1.165) is 38.3 Å². The zero-order valence-corrected chi connectivity index (χ0v) is 15.6. The lowest BCUT2D eigenvalue weighted by Crippen LogP contribution is -2.53. The summed E-state index contributed by atoms with van der Waals surface area (Å²) in [6.45, 7) is 8.72. The zero-order chi connectivity index (χ0) is 18.0. The molecule has 0 radical (unpaired) electrons. The topological polar surface area (TPSA) is 43.9 Å². The van der Waals surface area contributed by atoms with Gasteiger partial charge in [0.2, 0.25) is 11.8 Å². The highest BCUT2D eigenvalue weighted by Crippen LogP contribution is 2.37. The van der Waals surface area contributed by atoms with Gasteiger partial charge in [-0.2, -0.15) is 0 Å². The lowest BCUT2D eigenvalue weighted by atomic mass is 9.83. The van der Waals surface area contributed by atoms with Crippen LogP contribution in [0.4, 0.5) is 0 Å². The summed E-state index contributed by atoms with van der Waals surface area (Å²) in [6.07, 6.45) is 1.11. The van der Waals surface area contributed by atoms with Crippen molar-refractivity contribution in [2.75, 3.05) is 39.8 Å². The van der Waals surface area contributed by atoms with Crippen molar-refractivity contribution in [3.63, 3.8) is 0 Å². The van der Waals surface area contributed by atoms with Crippen LogP contribution < -0.4 is 0 Å². The monoisotopic (exact) mass is 343 g/mol. The Balaban J connectivity index is 1.81. The van der Waals surface area contributed by atoms with Crippen LogP contribution in [0, 0.1) is 12.8 Å². The maximum absolute atomic E-state index is 13.2. The normalized spacial score (nSPS) is 25.3. The van der Waals surface area contributed by atoms with Crippen molar-refractivity contribution in [2.45, 2.75) is 32.7 Å². The fraction of sp³-hybridized carbons (Fsp3) is 0.600. The van der Waals surface area contributed by atoms with Crippen molar-refractivity contribution < 1.29 is 9.59 Å². The van der Waals surface area contributed by atoms with Crippen molar-refractivity contribution in [2.24, 2.45) is 5.92 Å². The lowest BCUT2D eigenvalue weighted by molar-refractivity contribution is -0.147. The molecule has 0 unspecified atom stereocenters. The van der Waals surface area contributed by atoms with Gasteiger partial charge in [-0.15, -0.1) is 0 Å². The number of nitrogens with zero attached hydrogens (tertiary/aromatic N) is 3. The highest BCUT2D eigenvalue weighted by Gasteiger charge is 2.40. The number of likely N-dealkylation sites (tertiary alicyclic amines) is 1. The summed E-state index contributed by atoms with van der Waals surface area (Å²) in [5.41, 5.74) is 2.25. The zero-order valence-electron chi connectivity index (χ0n) is 15.6. The van der Waals surface area contributed by atoms with Crippen molar-refractivity contribution >= 4 is 11.8 Å². The van der Waals surface area contributed by atoms with Crippen LogP contribution in [0.3, 0.4) is 0 Å². The summed E-state index contributed by atoms with van der Waals surface area (Å²) in [5.74, 6) is 0.199. The van der Waals surface area contributed by atoms with Crippen LogP contribution in [-0.4, -0.2) is 66.3 Å². The van der Waals surface area contributed by atoms with E-state index < -0.39 is 0 Å². The lowest BCUT2D eigenvalue weighted by Gasteiger charge is -2.42. The van der Waals surface area contributed by atoms with E-state index in [0.29, 0.717) is 12.8 Å². The number of carbonyl (C=O) groups excluding carboxylic acids is 2. The Labute approximate surface area is 150 Å². The Morgan fingerprint density at radius 3 is 2.36 bits per heavy atom. The van der Waals surface area contributed by atoms with E-state index in [-0.39, 0.29) is 23.8 Å². The van der Waals surface area contributed by atoms with Crippen LogP contribution in [-0.2, 0) is 9.59 Å². The molecule has 0 saturated carbocycles. The van der Waals surface area contributed by atoms with E-state index in [1.54, 1.807) is 4.90 Å². The molecule has 0 spiro atoms. The summed E-state index contributed by atoms with van der Waals surface area (Å²) in [6, 6.07) is 8.08. The summed E-state index contributed by atoms with van der Waals surface area (Å²) >= 11 is 0. The first kappa shape index (κ1) is 17.9. The Kier molecular flexibility index (Phi) is 5.42. The molecule has 5 heteroatoms. The summed E-state index contributed by atoms with van der Waals surface area (Å²) in [4.78, 5) is 31.6. The van der Waals surface area contributed by atoms with Crippen LogP contribution in [0.2, 0.25) is 0 Å². The van der Waals surface area contributed by atoms with Gasteiger partial charge in [-0.3, -0.25) is 9.59 Å². The predicted molar refractivity (Wildman–Crippen MR) is 98.1 cm³/mol. The van der Waals surface area contributed by atoms with Gasteiger partial charge in [-0.05, 0) is 25.5 Å². The molecule has 1 aromatic rings. The molecule has 2 atom stereocenters. The number of hydrogen-bond acceptors (Lipinski definition) is 3. The maximum atomic E-state index is 13.2. The van der Waals surface area contributed by atoms with Crippen molar-refractivity contribution in [3.05, 3.63) is 35.4 Å². The molecule has 2 amide bonds. The van der Waals surface area contributed by atoms with Gasteiger partial charge in [0.25, 0.3) is 0 Å². The van der Waals surface area contributed by atoms with Gasteiger partial charge in [0.15, 0.2) is 0 Å². The molecular formula is C20H29N3O2. The molecule has 5 nitrogen and oxygen atoms in total. The van der Waals surface area contributed by atoms with Gasteiger partial charge in [-0.1, -0.05) is 36.8 Å². The number of hydrogen-bond donors (Lipinski definition) is 0. The Morgan fingerprint density at radius 1 is 1.12 bits per heavy atom. The van der Waals surface area contributed by atoms with Crippen LogP contribution in [0.1, 0.15) is 36.9 Å². The van der Waals surface area contributed by atoms with Gasteiger partial charge in [-0.25, -0.2) is 0 Å². The van der Waals surface area contributed by atoms with E-state index in [9.17, 15) is 9.59 Å². The van der Waals surface area contributed by atoms with E-state index in [2.05, 4.69) is 43.0 Å². The molecule has 25 heavy (non-hydrogen) atoms. The molecule has 2 saturated heterocycles. The summed E-state index contributed by atoms with van der Waals surface area (Å²) < 4.78 is 0. The number of carbonyl (C=O) groups is 2. The Morgan fingerprint density at radius 2 is 1.76 bits per heavy atom. The smallest absolute Gasteiger partial charge is 0.228 e. The third kappa shape index (κ3) is 3.71. The summed E-state index contributed by atoms with van der Waals surface area (Å²) in [5, 5.41) is 0. The largest absolute Gasteiger partial charge is 0.340 e. The van der Waals surface area contributed by atoms with Crippen molar-refractivity contribution in [1.82, 2.24) is 14.7 Å². The number of likely N-dealkylation sites (N-methyl/N-ethyl adjacent to an activating group) is 1. The fourth-order valence-electron chi connectivity index (χ4n) is 4.04. The third-order valence-electron chi connectivity index (χ3n) is 5.73. The standard InChI is InChI=1S/C20H29N3O2/c1-4-22-11-13-23(14-12-22)20(25)17-9-10-18(24)21(3)19(17)16-7-5-15(2)6-8-16/h5-8,17,19H,4,9-14H2,1-3H3/t17-,19-/m1/s1. The second-order valence-electron chi connectivity index (χ2n) is 7.26. The van der Waals surface area contributed by atoms with E-state index in [4.69, 9.17) is 0 Å². The van der Waals surface area contributed by atoms with E-state index in [1.165, 1.54) is 5.56 Å². The minimum absolute atomic E-state index is 0.130. The molecule has 0 N–H and O–H groups in total. The first-order chi connectivity index (χ1) is 12.0. The molecular weight excluding hydrogens is 314 g/mol. The highest BCUT2D eigenvalue weighted by molar-refractivity contribution is 5.85. The molecule has 3 rings (SSSR count). The molecule has 136 valence electrons. The van der Waals surface area contributed by atoms with E-state index >= 15 is 0 Å². The Bertz CT molecular complexity index is 620. The van der Waals surface area contributed by atoms with Crippen molar-refractivity contribution in [1.29, 1.82) is 0 Å². The molecule has 0 aliphatic carbocycles. The SMILES string of the molecule is CCN1CCN(C(=O)[C@@H]2CCC(=O)N(C)[C@@H]2c2ccc(C)cc2)CC1. The molecule has 2 heterocycles. The second-order valence-corrected chi connectivity index (χ2v) is 7.26. The van der Waals surface area contributed by atoms with Crippen LogP contribution in [0.15, 0.2) is 24.3 Å². The van der Waals surface area contributed by atoms with E-state index in [1.807, 2.05) is 11.9 Å². The van der Waals surface area contributed by atoms with Crippen molar-refractivity contribution in [3.8, 4) is 0 Å². The highest BCUT2D eigenvalue weighted by atomic mass is 16.2. The number of aryl methyl sites for hydroxylation is 1. The first-order valence-corrected chi connectivity index (χ1v) is 9.34. The maximum Gasteiger partial charge on any atom is 0.228 e. The molecule has 2 aliphatic rings. The Hall–Kier alpha value is -1.88. The second kappa shape index (κ2) is 7.56.